The molecule has 4 heteroatoms. The highest BCUT2D eigenvalue weighted by Gasteiger charge is 2.11. The second-order valence-corrected chi connectivity index (χ2v) is 4.94. The van der Waals surface area contributed by atoms with Gasteiger partial charge in [-0.05, 0) is 18.6 Å². The van der Waals surface area contributed by atoms with E-state index in [1.54, 1.807) is 25.1 Å². The molecule has 0 aliphatic heterocycles. The topological polar surface area (TPSA) is 46.2 Å². The van der Waals surface area contributed by atoms with E-state index < -0.39 is 0 Å². The monoisotopic (exact) mass is 229 g/mol. The van der Waals surface area contributed by atoms with E-state index in [4.69, 9.17) is 5.73 Å². The fraction of sp³-hybridized carbons (Fsp3) is 0.455. The largest absolute Gasteiger partial charge is 0.396 e. The Kier molecular flexibility index (Phi) is 4.42. The molecule has 2 unspecified atom stereocenters. The van der Waals surface area contributed by atoms with Crippen LogP contribution < -0.4 is 5.73 Å². The molecule has 15 heavy (non-hydrogen) atoms. The molecule has 0 radical (unpaired) electrons. The molecule has 0 aliphatic carbocycles. The third-order valence-corrected chi connectivity index (χ3v) is 3.69. The van der Waals surface area contributed by atoms with Crippen LogP contribution in [-0.4, -0.2) is 16.5 Å². The zero-order chi connectivity index (χ0) is 11.4. The molecule has 1 rings (SSSR count). The number of nitrogens with two attached hydrogens (primary N) is 1. The van der Waals surface area contributed by atoms with Crippen LogP contribution in [0.25, 0.3) is 0 Å². The molecule has 0 aliphatic rings. The zero-order valence-electron chi connectivity index (χ0n) is 8.90. The van der Waals surface area contributed by atoms with Gasteiger partial charge in [0, 0.05) is 11.0 Å². The minimum atomic E-state index is -0.390. The summed E-state index contributed by atoms with van der Waals surface area (Å²) in [4.78, 5) is 0. The van der Waals surface area contributed by atoms with Crippen molar-refractivity contribution in [3.8, 4) is 0 Å². The van der Waals surface area contributed by atoms with E-state index in [0.717, 1.165) is 0 Å². The summed E-state index contributed by atoms with van der Waals surface area (Å²) < 4.78 is 13.5. The third-order valence-electron chi connectivity index (χ3n) is 2.29. The molecule has 2 nitrogen and oxygen atoms in total. The van der Waals surface area contributed by atoms with Crippen LogP contribution in [0.3, 0.4) is 0 Å². The van der Waals surface area contributed by atoms with Crippen LogP contribution in [0.2, 0.25) is 0 Å². The summed E-state index contributed by atoms with van der Waals surface area (Å²) in [6.07, 6.45) is -0.390. The first kappa shape index (κ1) is 12.3. The molecule has 0 fully saturated rings. The maximum Gasteiger partial charge on any atom is 0.150 e. The smallest absolute Gasteiger partial charge is 0.150 e. The van der Waals surface area contributed by atoms with Gasteiger partial charge in [0.05, 0.1) is 11.8 Å². The number of anilines is 1. The average Bonchev–Trinajstić information content (AvgIpc) is 2.19. The molecule has 0 bridgehead atoms. The normalized spacial score (nSPS) is 14.9. The van der Waals surface area contributed by atoms with Gasteiger partial charge in [0.2, 0.25) is 0 Å². The van der Waals surface area contributed by atoms with Crippen molar-refractivity contribution in [3.63, 3.8) is 0 Å². The van der Waals surface area contributed by atoms with Gasteiger partial charge in [0.15, 0.2) is 0 Å². The summed E-state index contributed by atoms with van der Waals surface area (Å²) in [7, 11) is 0. The second-order valence-electron chi connectivity index (χ2n) is 3.58. The van der Waals surface area contributed by atoms with Crippen LogP contribution in [-0.2, 0) is 5.75 Å². The molecular weight excluding hydrogens is 213 g/mol. The third kappa shape index (κ3) is 3.39. The van der Waals surface area contributed by atoms with E-state index in [-0.39, 0.29) is 22.9 Å². The molecule has 84 valence electrons. The van der Waals surface area contributed by atoms with E-state index in [9.17, 15) is 9.50 Å². The summed E-state index contributed by atoms with van der Waals surface area (Å²) in [6.45, 7) is 3.65. The van der Waals surface area contributed by atoms with Crippen molar-refractivity contribution < 1.29 is 9.50 Å². The van der Waals surface area contributed by atoms with Gasteiger partial charge in [-0.25, -0.2) is 4.39 Å². The van der Waals surface area contributed by atoms with Gasteiger partial charge in [-0.2, -0.15) is 11.8 Å². The van der Waals surface area contributed by atoms with Gasteiger partial charge < -0.3 is 10.8 Å². The fourth-order valence-corrected chi connectivity index (χ4v) is 2.02. The Bertz CT molecular complexity index is 330. The maximum atomic E-state index is 13.5. The van der Waals surface area contributed by atoms with Crippen molar-refractivity contribution >= 4 is 17.4 Å². The minimum Gasteiger partial charge on any atom is -0.396 e. The fourth-order valence-electron chi connectivity index (χ4n) is 1.07. The molecule has 0 saturated carbocycles. The summed E-state index contributed by atoms with van der Waals surface area (Å²) in [5.41, 5.74) is 6.22. The summed E-state index contributed by atoms with van der Waals surface area (Å²) in [5, 5.41) is 9.37. The van der Waals surface area contributed by atoms with E-state index in [1.165, 1.54) is 11.8 Å². The molecule has 0 aromatic heterocycles. The predicted octanol–water partition coefficient (Wildman–Crippen LogP) is 2.41. The highest BCUT2D eigenvalue weighted by molar-refractivity contribution is 7.99. The number of hydrogen-bond acceptors (Lipinski definition) is 3. The van der Waals surface area contributed by atoms with Crippen molar-refractivity contribution in [1.82, 2.24) is 0 Å². The van der Waals surface area contributed by atoms with Crippen molar-refractivity contribution in [1.29, 1.82) is 0 Å². The van der Waals surface area contributed by atoms with Crippen molar-refractivity contribution in [2.24, 2.45) is 0 Å². The highest BCUT2D eigenvalue weighted by atomic mass is 32.2. The lowest BCUT2D eigenvalue weighted by Gasteiger charge is -2.14. The molecule has 1 aromatic carbocycles. The van der Waals surface area contributed by atoms with Crippen LogP contribution in [0.5, 0.6) is 0 Å². The zero-order valence-corrected chi connectivity index (χ0v) is 9.72. The first-order valence-electron chi connectivity index (χ1n) is 4.85. The Labute approximate surface area is 93.7 Å². The standard InChI is InChI=1S/C11H16FNOS/c1-7(14)8(2)15-6-9-4-3-5-10(13)11(9)12/h3-5,7-8,14H,6,13H2,1-2H3. The number of benzene rings is 1. The van der Waals surface area contributed by atoms with Crippen LogP contribution >= 0.6 is 11.8 Å². The first-order chi connectivity index (χ1) is 7.02. The number of rotatable bonds is 4. The minimum absolute atomic E-state index is 0.0887. The Morgan fingerprint density at radius 1 is 1.47 bits per heavy atom. The van der Waals surface area contributed by atoms with Crippen molar-refractivity contribution in [2.45, 2.75) is 31.0 Å². The van der Waals surface area contributed by atoms with E-state index >= 15 is 0 Å². The molecule has 1 aromatic rings. The Morgan fingerprint density at radius 2 is 2.13 bits per heavy atom. The van der Waals surface area contributed by atoms with Crippen LogP contribution in [0, 0.1) is 5.82 Å². The number of halogens is 1. The van der Waals surface area contributed by atoms with Crippen molar-refractivity contribution in [2.75, 3.05) is 5.73 Å². The Morgan fingerprint density at radius 3 is 2.73 bits per heavy atom. The molecule has 0 saturated heterocycles. The quantitative estimate of drug-likeness (QED) is 0.779. The summed E-state index contributed by atoms with van der Waals surface area (Å²) in [5.74, 6) is 0.186. The second kappa shape index (κ2) is 5.37. The highest BCUT2D eigenvalue weighted by Crippen LogP contribution is 2.23. The Hall–Kier alpha value is -0.740. The average molecular weight is 229 g/mol. The number of aliphatic hydroxyl groups excluding tert-OH is 1. The van der Waals surface area contributed by atoms with Crippen LogP contribution in [0.4, 0.5) is 10.1 Å². The van der Waals surface area contributed by atoms with Gasteiger partial charge in [-0.15, -0.1) is 0 Å². The molecule has 0 amide bonds. The molecule has 2 atom stereocenters. The summed E-state index contributed by atoms with van der Waals surface area (Å²) >= 11 is 1.51. The lowest BCUT2D eigenvalue weighted by atomic mass is 10.2. The number of aliphatic hydroxyl groups is 1. The van der Waals surface area contributed by atoms with Gasteiger partial charge >= 0.3 is 0 Å². The lowest BCUT2D eigenvalue weighted by molar-refractivity contribution is 0.196. The van der Waals surface area contributed by atoms with Crippen molar-refractivity contribution in [3.05, 3.63) is 29.6 Å². The van der Waals surface area contributed by atoms with E-state index in [0.29, 0.717) is 11.3 Å². The predicted molar refractivity (Wildman–Crippen MR) is 63.3 cm³/mol. The van der Waals surface area contributed by atoms with Gasteiger partial charge in [-0.1, -0.05) is 19.1 Å². The number of thioether (sulfide) groups is 1. The number of hydrogen-bond donors (Lipinski definition) is 2. The van der Waals surface area contributed by atoms with E-state index in [1.807, 2.05) is 6.92 Å². The SMILES string of the molecule is CC(O)C(C)SCc1cccc(N)c1F. The molecule has 0 heterocycles. The number of nitrogen functional groups attached to an aromatic ring is 1. The Balaban J connectivity index is 2.62. The van der Waals surface area contributed by atoms with E-state index in [2.05, 4.69) is 0 Å². The van der Waals surface area contributed by atoms with Gasteiger partial charge in [-0.3, -0.25) is 0 Å². The lowest BCUT2D eigenvalue weighted by Crippen LogP contribution is -2.15. The van der Waals surface area contributed by atoms with Gasteiger partial charge in [0.1, 0.15) is 5.82 Å². The maximum absolute atomic E-state index is 13.5. The molecular formula is C11H16FNOS. The first-order valence-corrected chi connectivity index (χ1v) is 5.89. The van der Waals surface area contributed by atoms with Gasteiger partial charge in [0.25, 0.3) is 0 Å². The van der Waals surface area contributed by atoms with Crippen LogP contribution in [0.15, 0.2) is 18.2 Å². The van der Waals surface area contributed by atoms with Crippen LogP contribution in [0.1, 0.15) is 19.4 Å². The molecule has 0 spiro atoms. The molecule has 3 N–H and O–H groups in total. The summed E-state index contributed by atoms with van der Waals surface area (Å²) in [6, 6.07) is 5.00.